The van der Waals surface area contributed by atoms with Gasteiger partial charge in [0, 0.05) is 19.0 Å². The molecule has 0 fully saturated rings. The summed E-state index contributed by atoms with van der Waals surface area (Å²) < 4.78 is 29.0. The summed E-state index contributed by atoms with van der Waals surface area (Å²) in [7, 11) is -4.11. The lowest BCUT2D eigenvalue weighted by atomic mass is 10.0. The molecular formula is C35H39N3O4S. The first-order chi connectivity index (χ1) is 20.7. The van der Waals surface area contributed by atoms with Gasteiger partial charge in [-0.25, -0.2) is 8.42 Å². The van der Waals surface area contributed by atoms with Crippen molar-refractivity contribution >= 4 is 27.5 Å². The third-order valence-electron chi connectivity index (χ3n) is 7.53. The lowest BCUT2D eigenvalue weighted by Crippen LogP contribution is -2.54. The monoisotopic (exact) mass is 597 g/mol. The molecule has 0 spiro atoms. The van der Waals surface area contributed by atoms with Crippen LogP contribution in [-0.2, 0) is 32.6 Å². The van der Waals surface area contributed by atoms with E-state index in [0.29, 0.717) is 5.69 Å². The van der Waals surface area contributed by atoms with E-state index in [9.17, 15) is 18.0 Å². The van der Waals surface area contributed by atoms with E-state index in [1.807, 2.05) is 75.4 Å². The minimum atomic E-state index is -4.11. The van der Waals surface area contributed by atoms with Gasteiger partial charge in [0.2, 0.25) is 11.8 Å². The van der Waals surface area contributed by atoms with Crippen LogP contribution in [0.4, 0.5) is 5.69 Å². The molecule has 4 aromatic rings. The third-order valence-corrected chi connectivity index (χ3v) is 9.32. The van der Waals surface area contributed by atoms with E-state index in [0.717, 1.165) is 27.4 Å². The third kappa shape index (κ3) is 8.11. The molecule has 0 bridgehead atoms. The highest BCUT2D eigenvalue weighted by atomic mass is 32.2. The van der Waals surface area contributed by atoms with Gasteiger partial charge in [-0.1, -0.05) is 97.9 Å². The Morgan fingerprint density at radius 1 is 0.791 bits per heavy atom. The van der Waals surface area contributed by atoms with Crippen molar-refractivity contribution in [3.63, 3.8) is 0 Å². The highest BCUT2D eigenvalue weighted by Gasteiger charge is 2.35. The molecule has 224 valence electrons. The zero-order valence-corrected chi connectivity index (χ0v) is 25.7. The van der Waals surface area contributed by atoms with E-state index >= 15 is 0 Å². The molecule has 0 heterocycles. The average Bonchev–Trinajstić information content (AvgIpc) is 3.03. The van der Waals surface area contributed by atoms with Crippen LogP contribution in [0.3, 0.4) is 0 Å². The number of hydrogen-bond donors (Lipinski definition) is 1. The minimum absolute atomic E-state index is 0.0763. The van der Waals surface area contributed by atoms with Crippen LogP contribution in [0.2, 0.25) is 0 Å². The summed E-state index contributed by atoms with van der Waals surface area (Å²) in [6.45, 7) is 5.54. The summed E-state index contributed by atoms with van der Waals surface area (Å²) in [5, 5.41) is 3.06. The summed E-state index contributed by atoms with van der Waals surface area (Å²) in [6, 6.07) is 32.9. The molecule has 0 aliphatic heterocycles. The van der Waals surface area contributed by atoms with E-state index in [4.69, 9.17) is 0 Å². The van der Waals surface area contributed by atoms with Crippen LogP contribution in [0.1, 0.15) is 37.0 Å². The van der Waals surface area contributed by atoms with Gasteiger partial charge in [0.15, 0.2) is 0 Å². The van der Waals surface area contributed by atoms with E-state index in [1.165, 1.54) is 17.0 Å². The highest BCUT2D eigenvalue weighted by Crippen LogP contribution is 2.25. The molecule has 43 heavy (non-hydrogen) atoms. The van der Waals surface area contributed by atoms with Crippen molar-refractivity contribution in [1.82, 2.24) is 10.2 Å². The molecule has 7 nitrogen and oxygen atoms in total. The summed E-state index contributed by atoms with van der Waals surface area (Å²) in [5.41, 5.74) is 3.10. The van der Waals surface area contributed by atoms with Gasteiger partial charge in [-0.05, 0) is 61.2 Å². The number of nitrogens with zero attached hydrogens (tertiary/aromatic N) is 2. The predicted octanol–water partition coefficient (Wildman–Crippen LogP) is 5.75. The van der Waals surface area contributed by atoms with Gasteiger partial charge in [0.1, 0.15) is 12.6 Å². The molecule has 0 aromatic heterocycles. The average molecular weight is 598 g/mol. The van der Waals surface area contributed by atoms with Crippen molar-refractivity contribution in [2.45, 2.75) is 57.1 Å². The molecule has 0 radical (unpaired) electrons. The van der Waals surface area contributed by atoms with Gasteiger partial charge in [-0.3, -0.25) is 13.9 Å². The second-order valence-corrected chi connectivity index (χ2v) is 12.5. The first kappa shape index (κ1) is 31.5. The standard InChI is InChI=1S/C35H39N3O4S/c1-4-28(3)36-35(40)33(24-29-17-8-5-9-18-29)37(25-30-19-15-14-16-27(30)2)34(39)26-38(31-20-10-6-11-21-31)43(41,42)32-22-12-7-13-23-32/h5-23,28,33H,4,24-26H2,1-3H3,(H,36,40)/t28-,33+/m0/s1. The Labute approximate surface area is 255 Å². The number of carbonyl (C=O) groups excluding carboxylic acids is 2. The Morgan fingerprint density at radius 3 is 1.95 bits per heavy atom. The number of para-hydroxylation sites is 1. The van der Waals surface area contributed by atoms with Crippen LogP contribution in [0, 0.1) is 6.92 Å². The maximum absolute atomic E-state index is 14.5. The lowest BCUT2D eigenvalue weighted by Gasteiger charge is -2.34. The molecule has 2 atom stereocenters. The fourth-order valence-electron chi connectivity index (χ4n) is 4.81. The first-order valence-corrected chi connectivity index (χ1v) is 16.0. The topological polar surface area (TPSA) is 86.8 Å². The number of rotatable bonds is 13. The van der Waals surface area contributed by atoms with Crippen molar-refractivity contribution in [3.8, 4) is 0 Å². The summed E-state index contributed by atoms with van der Waals surface area (Å²) >= 11 is 0. The molecule has 4 aromatic carbocycles. The zero-order chi connectivity index (χ0) is 30.8. The molecule has 8 heteroatoms. The molecule has 0 aliphatic rings. The number of sulfonamides is 1. The predicted molar refractivity (Wildman–Crippen MR) is 171 cm³/mol. The second kappa shape index (κ2) is 14.6. The van der Waals surface area contributed by atoms with E-state index < -0.39 is 28.5 Å². The molecule has 2 amide bonds. The number of amides is 2. The molecule has 0 unspecified atom stereocenters. The fraction of sp³-hybridized carbons (Fsp3) is 0.257. The molecule has 0 saturated carbocycles. The first-order valence-electron chi connectivity index (χ1n) is 14.5. The van der Waals surface area contributed by atoms with Crippen molar-refractivity contribution in [1.29, 1.82) is 0 Å². The Morgan fingerprint density at radius 2 is 1.35 bits per heavy atom. The van der Waals surface area contributed by atoms with Crippen LogP contribution in [-0.4, -0.2) is 43.8 Å². The van der Waals surface area contributed by atoms with Crippen molar-refractivity contribution in [2.24, 2.45) is 0 Å². The van der Waals surface area contributed by atoms with Gasteiger partial charge in [0.25, 0.3) is 10.0 Å². The van der Waals surface area contributed by atoms with Gasteiger partial charge >= 0.3 is 0 Å². The number of carbonyl (C=O) groups is 2. The molecular weight excluding hydrogens is 558 g/mol. The fourth-order valence-corrected chi connectivity index (χ4v) is 6.24. The Balaban J connectivity index is 1.79. The molecule has 1 N–H and O–H groups in total. The summed E-state index contributed by atoms with van der Waals surface area (Å²) in [6.07, 6.45) is 1.00. The normalized spacial score (nSPS) is 12.6. The second-order valence-electron chi connectivity index (χ2n) is 10.6. The molecule has 4 rings (SSSR count). The number of aryl methyl sites for hydroxylation is 1. The van der Waals surface area contributed by atoms with E-state index in [1.54, 1.807) is 48.5 Å². The molecule has 0 saturated heterocycles. The van der Waals surface area contributed by atoms with Crippen LogP contribution in [0.15, 0.2) is 120 Å². The smallest absolute Gasteiger partial charge is 0.264 e. The number of benzene rings is 4. The Bertz CT molecular complexity index is 1600. The zero-order valence-electron chi connectivity index (χ0n) is 24.9. The van der Waals surface area contributed by atoms with Crippen molar-refractivity contribution < 1.29 is 18.0 Å². The van der Waals surface area contributed by atoms with Crippen LogP contribution >= 0.6 is 0 Å². The van der Waals surface area contributed by atoms with Gasteiger partial charge < -0.3 is 10.2 Å². The SMILES string of the molecule is CC[C@H](C)NC(=O)[C@@H](Cc1ccccc1)N(Cc1ccccc1C)C(=O)CN(c1ccccc1)S(=O)(=O)c1ccccc1. The maximum atomic E-state index is 14.5. The Hall–Kier alpha value is -4.43. The van der Waals surface area contributed by atoms with Gasteiger partial charge in [0.05, 0.1) is 10.6 Å². The maximum Gasteiger partial charge on any atom is 0.264 e. The van der Waals surface area contributed by atoms with Gasteiger partial charge in [-0.15, -0.1) is 0 Å². The van der Waals surface area contributed by atoms with Crippen molar-refractivity contribution in [2.75, 3.05) is 10.8 Å². The lowest BCUT2D eigenvalue weighted by molar-refractivity contribution is -0.140. The molecule has 0 aliphatic carbocycles. The van der Waals surface area contributed by atoms with Crippen molar-refractivity contribution in [3.05, 3.63) is 132 Å². The van der Waals surface area contributed by atoms with Crippen LogP contribution in [0.25, 0.3) is 0 Å². The van der Waals surface area contributed by atoms with Crippen LogP contribution in [0.5, 0.6) is 0 Å². The highest BCUT2D eigenvalue weighted by molar-refractivity contribution is 7.92. The number of hydrogen-bond acceptors (Lipinski definition) is 4. The minimum Gasteiger partial charge on any atom is -0.352 e. The number of nitrogens with one attached hydrogen (secondary N) is 1. The largest absolute Gasteiger partial charge is 0.352 e. The Kier molecular flexibility index (Phi) is 10.7. The summed E-state index contributed by atoms with van der Waals surface area (Å²) in [5.74, 6) is -0.760. The van der Waals surface area contributed by atoms with E-state index in [-0.39, 0.29) is 29.8 Å². The summed E-state index contributed by atoms with van der Waals surface area (Å²) in [4.78, 5) is 29.9. The van der Waals surface area contributed by atoms with Crippen LogP contribution < -0.4 is 9.62 Å². The quantitative estimate of drug-likeness (QED) is 0.213. The van der Waals surface area contributed by atoms with E-state index in [2.05, 4.69) is 5.32 Å². The number of anilines is 1. The van der Waals surface area contributed by atoms with Gasteiger partial charge in [-0.2, -0.15) is 0 Å².